The minimum Gasteiger partial charge on any atom is -0.497 e. The highest BCUT2D eigenvalue weighted by molar-refractivity contribution is 7.89. The van der Waals surface area contributed by atoms with Gasteiger partial charge in [-0.25, -0.2) is 8.42 Å². The van der Waals surface area contributed by atoms with Crippen LogP contribution in [-0.2, 0) is 16.2 Å². The average molecular weight is 385 g/mol. The SMILES string of the molecule is COc1ccc(C2CCCN2S(=O)(=O)c2cccc(C(F)(F)F)c2)cc1. The molecule has 140 valence electrons. The van der Waals surface area contributed by atoms with Crippen molar-refractivity contribution in [3.05, 3.63) is 59.7 Å². The quantitative estimate of drug-likeness (QED) is 0.791. The normalized spacial score (nSPS) is 18.8. The van der Waals surface area contributed by atoms with Crippen LogP contribution in [0.4, 0.5) is 13.2 Å². The third-order valence-corrected chi connectivity index (χ3v) is 6.38. The van der Waals surface area contributed by atoms with Crippen molar-refractivity contribution in [2.75, 3.05) is 13.7 Å². The third-order valence-electron chi connectivity index (χ3n) is 4.47. The van der Waals surface area contributed by atoms with Crippen molar-refractivity contribution in [1.82, 2.24) is 4.31 Å². The predicted molar refractivity (Wildman–Crippen MR) is 90.3 cm³/mol. The molecule has 26 heavy (non-hydrogen) atoms. The first-order chi connectivity index (χ1) is 12.2. The topological polar surface area (TPSA) is 46.6 Å². The average Bonchev–Trinajstić information content (AvgIpc) is 3.12. The Bertz CT molecular complexity index is 879. The number of hydrogen-bond donors (Lipinski definition) is 0. The van der Waals surface area contributed by atoms with E-state index in [0.29, 0.717) is 24.7 Å². The Kier molecular flexibility index (Phi) is 4.98. The van der Waals surface area contributed by atoms with Gasteiger partial charge in [0.2, 0.25) is 10.0 Å². The van der Waals surface area contributed by atoms with Crippen molar-refractivity contribution in [1.29, 1.82) is 0 Å². The standard InChI is InChI=1S/C18H18F3NO3S/c1-25-15-9-7-13(8-10-15)17-6-3-11-22(17)26(23,24)16-5-2-4-14(12-16)18(19,20)21/h2,4-5,7-10,12,17H,3,6,11H2,1H3. The predicted octanol–water partition coefficient (Wildman–Crippen LogP) is 4.24. The Balaban J connectivity index is 1.95. The van der Waals surface area contributed by atoms with Crippen LogP contribution in [0.1, 0.15) is 30.0 Å². The first-order valence-corrected chi connectivity index (χ1v) is 9.50. The maximum Gasteiger partial charge on any atom is 0.416 e. The van der Waals surface area contributed by atoms with Crippen molar-refractivity contribution < 1.29 is 26.3 Å². The first kappa shape index (κ1) is 18.7. The fourth-order valence-corrected chi connectivity index (χ4v) is 4.88. The molecule has 1 atom stereocenters. The molecule has 0 spiro atoms. The zero-order valence-electron chi connectivity index (χ0n) is 14.0. The van der Waals surface area contributed by atoms with Crippen LogP contribution in [0.3, 0.4) is 0 Å². The molecule has 3 rings (SSSR count). The van der Waals surface area contributed by atoms with E-state index < -0.39 is 27.8 Å². The number of methoxy groups -OCH3 is 1. The zero-order chi connectivity index (χ0) is 18.9. The smallest absolute Gasteiger partial charge is 0.416 e. The van der Waals surface area contributed by atoms with E-state index in [0.717, 1.165) is 17.7 Å². The maximum atomic E-state index is 13.0. The first-order valence-electron chi connectivity index (χ1n) is 8.06. The number of hydrogen-bond acceptors (Lipinski definition) is 3. The number of ether oxygens (including phenoxy) is 1. The number of benzene rings is 2. The molecule has 0 aromatic heterocycles. The van der Waals surface area contributed by atoms with Crippen molar-refractivity contribution >= 4 is 10.0 Å². The lowest BCUT2D eigenvalue weighted by molar-refractivity contribution is -0.137. The van der Waals surface area contributed by atoms with Crippen LogP contribution in [0, 0.1) is 0 Å². The summed E-state index contributed by atoms with van der Waals surface area (Å²) in [7, 11) is -2.50. The summed E-state index contributed by atoms with van der Waals surface area (Å²) < 4.78 is 71.1. The van der Waals surface area contributed by atoms with E-state index in [9.17, 15) is 21.6 Å². The zero-order valence-corrected chi connectivity index (χ0v) is 14.8. The van der Waals surface area contributed by atoms with Gasteiger partial charge in [-0.2, -0.15) is 17.5 Å². The van der Waals surface area contributed by atoms with E-state index in [1.165, 1.54) is 17.5 Å². The van der Waals surface area contributed by atoms with E-state index in [1.54, 1.807) is 24.3 Å². The number of halogens is 3. The molecular weight excluding hydrogens is 367 g/mol. The van der Waals surface area contributed by atoms with Crippen LogP contribution in [0.2, 0.25) is 0 Å². The molecule has 0 bridgehead atoms. The van der Waals surface area contributed by atoms with Crippen molar-refractivity contribution in [2.24, 2.45) is 0 Å². The molecule has 0 amide bonds. The lowest BCUT2D eigenvalue weighted by Gasteiger charge is -2.25. The van der Waals surface area contributed by atoms with Gasteiger partial charge in [-0.1, -0.05) is 18.2 Å². The molecule has 1 heterocycles. The highest BCUT2D eigenvalue weighted by atomic mass is 32.2. The van der Waals surface area contributed by atoms with Crippen LogP contribution in [0.15, 0.2) is 53.4 Å². The minimum absolute atomic E-state index is 0.273. The van der Waals surface area contributed by atoms with Gasteiger partial charge in [0.25, 0.3) is 0 Å². The van der Waals surface area contributed by atoms with Crippen LogP contribution in [-0.4, -0.2) is 26.4 Å². The minimum atomic E-state index is -4.59. The molecule has 1 saturated heterocycles. The lowest BCUT2D eigenvalue weighted by Crippen LogP contribution is -2.30. The highest BCUT2D eigenvalue weighted by Gasteiger charge is 2.38. The van der Waals surface area contributed by atoms with Gasteiger partial charge in [0, 0.05) is 6.54 Å². The molecule has 0 N–H and O–H groups in total. The molecule has 4 nitrogen and oxygen atoms in total. The number of sulfonamides is 1. The Hall–Kier alpha value is -2.06. The van der Waals surface area contributed by atoms with E-state index in [2.05, 4.69) is 0 Å². The van der Waals surface area contributed by atoms with Crippen LogP contribution < -0.4 is 4.74 Å². The molecule has 0 saturated carbocycles. The van der Waals surface area contributed by atoms with Gasteiger partial charge in [0.15, 0.2) is 0 Å². The Labute approximate surface area is 150 Å². The van der Waals surface area contributed by atoms with Crippen LogP contribution in [0.5, 0.6) is 5.75 Å². The number of alkyl halides is 3. The fourth-order valence-electron chi connectivity index (χ4n) is 3.16. The van der Waals surface area contributed by atoms with Gasteiger partial charge < -0.3 is 4.74 Å². The van der Waals surface area contributed by atoms with Crippen molar-refractivity contribution in [2.45, 2.75) is 30.0 Å². The molecule has 1 aliphatic rings. The number of rotatable bonds is 4. The van der Waals surface area contributed by atoms with Gasteiger partial charge >= 0.3 is 6.18 Å². The third kappa shape index (κ3) is 3.57. The number of nitrogens with zero attached hydrogens (tertiary/aromatic N) is 1. The summed E-state index contributed by atoms with van der Waals surface area (Å²) in [6.07, 6.45) is -3.33. The summed E-state index contributed by atoms with van der Waals surface area (Å²) in [6.45, 7) is 0.273. The summed E-state index contributed by atoms with van der Waals surface area (Å²) in [5.41, 5.74) is -0.183. The van der Waals surface area contributed by atoms with Gasteiger partial charge in [-0.3, -0.25) is 0 Å². The van der Waals surface area contributed by atoms with E-state index in [-0.39, 0.29) is 11.4 Å². The largest absolute Gasteiger partial charge is 0.497 e. The second-order valence-electron chi connectivity index (χ2n) is 6.07. The molecule has 1 fully saturated rings. The molecule has 2 aromatic carbocycles. The van der Waals surface area contributed by atoms with Crippen LogP contribution in [0.25, 0.3) is 0 Å². The molecule has 2 aromatic rings. The molecule has 1 aliphatic heterocycles. The summed E-state index contributed by atoms with van der Waals surface area (Å²) in [6, 6.07) is 10.5. The second kappa shape index (κ2) is 6.92. The van der Waals surface area contributed by atoms with Crippen LogP contribution >= 0.6 is 0 Å². The molecular formula is C18H18F3NO3S. The molecule has 1 unspecified atom stereocenters. The molecule has 0 radical (unpaired) electrons. The lowest BCUT2D eigenvalue weighted by atomic mass is 10.1. The summed E-state index contributed by atoms with van der Waals surface area (Å²) >= 11 is 0. The summed E-state index contributed by atoms with van der Waals surface area (Å²) in [5, 5.41) is 0. The van der Waals surface area contributed by atoms with E-state index >= 15 is 0 Å². The van der Waals surface area contributed by atoms with Gasteiger partial charge in [0.05, 0.1) is 23.6 Å². The van der Waals surface area contributed by atoms with Crippen molar-refractivity contribution in [3.63, 3.8) is 0 Å². The molecule has 8 heteroatoms. The van der Waals surface area contributed by atoms with E-state index in [4.69, 9.17) is 4.74 Å². The monoisotopic (exact) mass is 385 g/mol. The Morgan fingerprint density at radius 1 is 1.12 bits per heavy atom. The summed E-state index contributed by atoms with van der Waals surface area (Å²) in [5.74, 6) is 0.652. The van der Waals surface area contributed by atoms with Gasteiger partial charge in [0.1, 0.15) is 5.75 Å². The maximum absolute atomic E-state index is 13.0. The Morgan fingerprint density at radius 2 is 1.81 bits per heavy atom. The highest BCUT2D eigenvalue weighted by Crippen LogP contribution is 2.38. The van der Waals surface area contributed by atoms with Gasteiger partial charge in [-0.05, 0) is 48.7 Å². The van der Waals surface area contributed by atoms with E-state index in [1.807, 2.05) is 0 Å². The fraction of sp³-hybridized carbons (Fsp3) is 0.333. The van der Waals surface area contributed by atoms with Crippen molar-refractivity contribution in [3.8, 4) is 5.75 Å². The molecule has 0 aliphatic carbocycles. The second-order valence-corrected chi connectivity index (χ2v) is 7.96. The summed E-state index contributed by atoms with van der Waals surface area (Å²) in [4.78, 5) is -0.340. The van der Waals surface area contributed by atoms with Gasteiger partial charge in [-0.15, -0.1) is 0 Å². The Morgan fingerprint density at radius 3 is 2.42 bits per heavy atom.